The summed E-state index contributed by atoms with van der Waals surface area (Å²) in [5.41, 5.74) is 6.03. The van der Waals surface area contributed by atoms with Gasteiger partial charge in [-0.3, -0.25) is 0 Å². The van der Waals surface area contributed by atoms with Crippen molar-refractivity contribution >= 4 is 11.3 Å². The summed E-state index contributed by atoms with van der Waals surface area (Å²) >= 11 is 1.81. The fourth-order valence-electron chi connectivity index (χ4n) is 2.28. The van der Waals surface area contributed by atoms with E-state index in [1.54, 1.807) is 0 Å². The molecule has 1 saturated carbocycles. The lowest BCUT2D eigenvalue weighted by Gasteiger charge is -2.15. The molecule has 1 aliphatic rings. The predicted octanol–water partition coefficient (Wildman–Crippen LogP) is 1.92. The minimum Gasteiger partial charge on any atom is -0.327 e. The van der Waals surface area contributed by atoms with Crippen molar-refractivity contribution in [2.45, 2.75) is 45.2 Å². The largest absolute Gasteiger partial charge is 0.327 e. The third-order valence-electron chi connectivity index (χ3n) is 3.35. The quantitative estimate of drug-likeness (QED) is 0.825. The molecule has 16 heavy (non-hydrogen) atoms. The zero-order valence-corrected chi connectivity index (χ0v) is 10.7. The zero-order valence-electron chi connectivity index (χ0n) is 9.91. The highest BCUT2D eigenvalue weighted by Crippen LogP contribution is 2.23. The molecule has 0 spiro atoms. The van der Waals surface area contributed by atoms with Gasteiger partial charge < -0.3 is 11.1 Å². The Labute approximate surface area is 101 Å². The van der Waals surface area contributed by atoms with Crippen LogP contribution >= 0.6 is 11.3 Å². The summed E-state index contributed by atoms with van der Waals surface area (Å²) in [5, 5.41) is 4.68. The van der Waals surface area contributed by atoms with Gasteiger partial charge in [-0.05, 0) is 31.7 Å². The van der Waals surface area contributed by atoms with Crippen LogP contribution in [0.1, 0.15) is 36.1 Å². The van der Waals surface area contributed by atoms with E-state index < -0.39 is 0 Å². The van der Waals surface area contributed by atoms with Crippen LogP contribution in [-0.4, -0.2) is 17.6 Å². The molecule has 90 valence electrons. The molecule has 1 aliphatic carbocycles. The van der Waals surface area contributed by atoms with E-state index >= 15 is 0 Å². The van der Waals surface area contributed by atoms with E-state index in [1.165, 1.54) is 29.1 Å². The minimum atomic E-state index is 0.412. The number of nitrogens with zero attached hydrogens (tertiary/aromatic N) is 1. The Morgan fingerprint density at radius 3 is 3.06 bits per heavy atom. The van der Waals surface area contributed by atoms with E-state index in [0.29, 0.717) is 12.0 Å². The summed E-state index contributed by atoms with van der Waals surface area (Å²) in [4.78, 5) is 5.76. The van der Waals surface area contributed by atoms with Crippen LogP contribution in [0.2, 0.25) is 0 Å². The monoisotopic (exact) mass is 239 g/mol. The lowest BCUT2D eigenvalue weighted by Crippen LogP contribution is -2.32. The smallest absolute Gasteiger partial charge is 0.107 e. The highest BCUT2D eigenvalue weighted by Gasteiger charge is 2.23. The molecule has 0 radical (unpaired) electrons. The van der Waals surface area contributed by atoms with Gasteiger partial charge in [-0.1, -0.05) is 13.3 Å². The van der Waals surface area contributed by atoms with Gasteiger partial charge in [-0.15, -0.1) is 11.3 Å². The van der Waals surface area contributed by atoms with E-state index in [0.717, 1.165) is 19.5 Å². The maximum absolute atomic E-state index is 6.03. The number of thiazole rings is 1. The maximum Gasteiger partial charge on any atom is 0.107 e. The lowest BCUT2D eigenvalue weighted by atomic mass is 10.1. The number of hydrogen-bond acceptors (Lipinski definition) is 4. The summed E-state index contributed by atoms with van der Waals surface area (Å²) in [6.45, 7) is 4.11. The van der Waals surface area contributed by atoms with Crippen LogP contribution in [0.4, 0.5) is 0 Å². The first-order chi connectivity index (χ1) is 7.79. The second kappa shape index (κ2) is 5.75. The first-order valence-electron chi connectivity index (χ1n) is 6.19. The average molecular weight is 239 g/mol. The van der Waals surface area contributed by atoms with Gasteiger partial charge in [-0.25, -0.2) is 4.98 Å². The fraction of sp³-hybridized carbons (Fsp3) is 0.750. The van der Waals surface area contributed by atoms with Crippen molar-refractivity contribution in [3.63, 3.8) is 0 Å². The highest BCUT2D eigenvalue weighted by molar-refractivity contribution is 7.11. The van der Waals surface area contributed by atoms with Crippen molar-refractivity contribution in [2.24, 2.45) is 11.7 Å². The Kier molecular flexibility index (Phi) is 4.32. The van der Waals surface area contributed by atoms with Crippen LogP contribution in [-0.2, 0) is 13.0 Å². The van der Waals surface area contributed by atoms with Gasteiger partial charge in [-0.2, -0.15) is 0 Å². The molecule has 0 saturated heterocycles. The summed E-state index contributed by atoms with van der Waals surface area (Å²) in [6.07, 6.45) is 6.86. The first-order valence-corrected chi connectivity index (χ1v) is 7.01. The van der Waals surface area contributed by atoms with Gasteiger partial charge in [0, 0.05) is 23.7 Å². The van der Waals surface area contributed by atoms with Crippen LogP contribution in [0.15, 0.2) is 6.20 Å². The van der Waals surface area contributed by atoms with Gasteiger partial charge in [0.1, 0.15) is 5.01 Å². The van der Waals surface area contributed by atoms with E-state index in [4.69, 9.17) is 5.73 Å². The van der Waals surface area contributed by atoms with Crippen molar-refractivity contribution in [3.8, 4) is 0 Å². The number of hydrogen-bond donors (Lipinski definition) is 2. The van der Waals surface area contributed by atoms with Crippen LogP contribution in [0.5, 0.6) is 0 Å². The van der Waals surface area contributed by atoms with Crippen LogP contribution in [0, 0.1) is 5.92 Å². The number of aromatic nitrogens is 1. The first kappa shape index (κ1) is 12.0. The van der Waals surface area contributed by atoms with Crippen LogP contribution in [0.25, 0.3) is 0 Å². The summed E-state index contributed by atoms with van der Waals surface area (Å²) in [6, 6.07) is 0.412. The molecule has 0 aromatic carbocycles. The van der Waals surface area contributed by atoms with Gasteiger partial charge >= 0.3 is 0 Å². The van der Waals surface area contributed by atoms with E-state index in [1.807, 2.05) is 17.5 Å². The standard InChI is InChI=1S/C12H21N3S/c1-2-10-7-15-12(16-10)8-14-6-9-4-3-5-11(9)13/h7,9,11,14H,2-6,8,13H2,1H3. The van der Waals surface area contributed by atoms with Gasteiger partial charge in [0.15, 0.2) is 0 Å². The number of aryl methyl sites for hydroxylation is 1. The lowest BCUT2D eigenvalue weighted by molar-refractivity contribution is 0.441. The molecular formula is C12H21N3S. The van der Waals surface area contributed by atoms with Crippen molar-refractivity contribution < 1.29 is 0 Å². The van der Waals surface area contributed by atoms with E-state index in [-0.39, 0.29) is 0 Å². The molecular weight excluding hydrogens is 218 g/mol. The predicted molar refractivity (Wildman–Crippen MR) is 68.5 cm³/mol. The van der Waals surface area contributed by atoms with E-state index in [9.17, 15) is 0 Å². The average Bonchev–Trinajstić information content (AvgIpc) is 2.89. The molecule has 0 amide bonds. The topological polar surface area (TPSA) is 50.9 Å². The fourth-order valence-corrected chi connectivity index (χ4v) is 3.11. The zero-order chi connectivity index (χ0) is 11.4. The molecule has 4 heteroatoms. The van der Waals surface area contributed by atoms with Crippen molar-refractivity contribution in [3.05, 3.63) is 16.1 Å². The minimum absolute atomic E-state index is 0.412. The van der Waals surface area contributed by atoms with Gasteiger partial charge in [0.2, 0.25) is 0 Å². The normalized spacial score (nSPS) is 25.1. The number of nitrogens with one attached hydrogen (secondary N) is 1. The van der Waals surface area contributed by atoms with Crippen molar-refractivity contribution in [1.29, 1.82) is 0 Å². The summed E-state index contributed by atoms with van der Waals surface area (Å²) < 4.78 is 0. The van der Waals surface area contributed by atoms with Crippen LogP contribution < -0.4 is 11.1 Å². The Morgan fingerprint density at radius 2 is 2.44 bits per heavy atom. The molecule has 1 fully saturated rings. The molecule has 3 nitrogen and oxygen atoms in total. The van der Waals surface area contributed by atoms with Gasteiger partial charge in [0.25, 0.3) is 0 Å². The van der Waals surface area contributed by atoms with Crippen molar-refractivity contribution in [2.75, 3.05) is 6.54 Å². The SMILES string of the molecule is CCc1cnc(CNCC2CCCC2N)s1. The maximum atomic E-state index is 6.03. The Balaban J connectivity index is 1.71. The molecule has 3 N–H and O–H groups in total. The highest BCUT2D eigenvalue weighted by atomic mass is 32.1. The van der Waals surface area contributed by atoms with E-state index in [2.05, 4.69) is 17.2 Å². The Morgan fingerprint density at radius 1 is 1.56 bits per heavy atom. The molecule has 0 aliphatic heterocycles. The molecule has 2 unspecified atom stereocenters. The van der Waals surface area contributed by atoms with Crippen LogP contribution in [0.3, 0.4) is 0 Å². The molecule has 1 aromatic rings. The summed E-state index contributed by atoms with van der Waals surface area (Å²) in [7, 11) is 0. The second-order valence-corrected chi connectivity index (χ2v) is 5.76. The molecule has 2 rings (SSSR count). The summed E-state index contributed by atoms with van der Waals surface area (Å²) in [5.74, 6) is 0.672. The Bertz CT molecular complexity index is 324. The molecule has 1 aromatic heterocycles. The number of rotatable bonds is 5. The van der Waals surface area contributed by atoms with Gasteiger partial charge in [0.05, 0.1) is 0 Å². The second-order valence-electron chi connectivity index (χ2n) is 4.56. The third-order valence-corrected chi connectivity index (χ3v) is 4.49. The molecule has 0 bridgehead atoms. The molecule has 2 atom stereocenters. The molecule has 1 heterocycles. The number of nitrogens with two attached hydrogens (primary N) is 1. The Hall–Kier alpha value is -0.450. The third kappa shape index (κ3) is 3.03. The van der Waals surface area contributed by atoms with Crippen molar-refractivity contribution in [1.82, 2.24) is 10.3 Å².